The fourth-order valence-electron chi connectivity index (χ4n) is 2.95. The van der Waals surface area contributed by atoms with Crippen molar-refractivity contribution >= 4 is 23.1 Å². The zero-order chi connectivity index (χ0) is 13.8. The lowest BCUT2D eigenvalue weighted by Gasteiger charge is -2.29. The highest BCUT2D eigenvalue weighted by Gasteiger charge is 2.38. The molecule has 1 saturated carbocycles. The zero-order valence-electron chi connectivity index (χ0n) is 11.8. The van der Waals surface area contributed by atoms with Gasteiger partial charge in [0.15, 0.2) is 0 Å². The molecule has 1 fully saturated rings. The maximum atomic E-state index is 12.3. The first kappa shape index (κ1) is 15.4. The van der Waals surface area contributed by atoms with Crippen molar-refractivity contribution in [1.82, 2.24) is 5.32 Å². The fourth-order valence-corrected chi connectivity index (χ4v) is 3.33. The van der Waals surface area contributed by atoms with Crippen LogP contribution in [0.1, 0.15) is 52.9 Å². The summed E-state index contributed by atoms with van der Waals surface area (Å²) in [5.74, 6) is 1.44. The first-order valence-corrected chi connectivity index (χ1v) is 7.45. The van der Waals surface area contributed by atoms with E-state index in [9.17, 15) is 4.79 Å². The van der Waals surface area contributed by atoms with Gasteiger partial charge in [-0.2, -0.15) is 0 Å². The van der Waals surface area contributed by atoms with Crippen LogP contribution in [0.4, 0.5) is 0 Å². The average molecular weight is 270 g/mol. The molecule has 3 nitrogen and oxygen atoms in total. The Bertz CT molecular complexity index is 313. The van der Waals surface area contributed by atoms with Gasteiger partial charge >= 0.3 is 0 Å². The molecular weight excluding hydrogens is 244 g/mol. The van der Waals surface area contributed by atoms with Crippen LogP contribution < -0.4 is 11.1 Å². The van der Waals surface area contributed by atoms with E-state index in [4.69, 9.17) is 18.0 Å². The maximum absolute atomic E-state index is 12.3. The summed E-state index contributed by atoms with van der Waals surface area (Å²) < 4.78 is 0. The molecule has 0 heterocycles. The number of amides is 1. The van der Waals surface area contributed by atoms with E-state index >= 15 is 0 Å². The maximum Gasteiger partial charge on any atom is 0.233 e. The summed E-state index contributed by atoms with van der Waals surface area (Å²) in [5.41, 5.74) is 5.12. The molecule has 0 aromatic rings. The van der Waals surface area contributed by atoms with Gasteiger partial charge in [-0.15, -0.1) is 0 Å². The normalized spacial score (nSPS) is 23.9. The molecule has 0 radical (unpaired) electrons. The van der Waals surface area contributed by atoms with E-state index in [0.29, 0.717) is 23.7 Å². The summed E-state index contributed by atoms with van der Waals surface area (Å²) in [6.45, 7) is 6.99. The highest BCUT2D eigenvalue weighted by molar-refractivity contribution is 7.80. The standard InChI is InChI=1S/C14H26N2OS/c1-4-14(5-2,12(15)18)13(17)16-9-11-7-6-10(3)8-11/h10-11H,4-9H2,1-3H3,(H2,15,18)(H,16,17). The summed E-state index contributed by atoms with van der Waals surface area (Å²) >= 11 is 5.09. The number of carbonyl (C=O) groups is 1. The Hall–Kier alpha value is -0.640. The zero-order valence-corrected chi connectivity index (χ0v) is 12.6. The third kappa shape index (κ3) is 3.22. The Morgan fingerprint density at radius 2 is 2.00 bits per heavy atom. The lowest BCUT2D eigenvalue weighted by molar-refractivity contribution is -0.128. The van der Waals surface area contributed by atoms with Crippen LogP contribution in [-0.2, 0) is 4.79 Å². The van der Waals surface area contributed by atoms with Crippen LogP contribution in [0, 0.1) is 17.3 Å². The minimum atomic E-state index is -0.653. The van der Waals surface area contributed by atoms with Gasteiger partial charge in [0.05, 0.1) is 10.4 Å². The van der Waals surface area contributed by atoms with Gasteiger partial charge in [0, 0.05) is 6.54 Å². The van der Waals surface area contributed by atoms with E-state index in [1.807, 2.05) is 13.8 Å². The molecular formula is C14H26N2OS. The summed E-state index contributed by atoms with van der Waals surface area (Å²) in [4.78, 5) is 12.7. The summed E-state index contributed by atoms with van der Waals surface area (Å²) in [6, 6.07) is 0. The molecule has 1 aliphatic carbocycles. The third-order valence-electron chi connectivity index (χ3n) is 4.47. The number of rotatable bonds is 6. The number of thiocarbonyl (C=S) groups is 1. The van der Waals surface area contributed by atoms with Gasteiger partial charge in [-0.3, -0.25) is 4.79 Å². The van der Waals surface area contributed by atoms with Crippen molar-refractivity contribution in [3.05, 3.63) is 0 Å². The molecule has 0 saturated heterocycles. The number of hydrogen-bond acceptors (Lipinski definition) is 2. The van der Waals surface area contributed by atoms with Gasteiger partial charge in [-0.25, -0.2) is 0 Å². The minimum absolute atomic E-state index is 0.0135. The average Bonchev–Trinajstić information content (AvgIpc) is 2.74. The van der Waals surface area contributed by atoms with Crippen LogP contribution in [-0.4, -0.2) is 17.4 Å². The van der Waals surface area contributed by atoms with Gasteiger partial charge < -0.3 is 11.1 Å². The Kier molecular flexibility index (Phi) is 5.57. The number of carbonyl (C=O) groups excluding carboxylic acids is 1. The molecule has 0 bridgehead atoms. The SMILES string of the molecule is CCC(CC)(C(=O)NCC1CCC(C)C1)C(N)=S. The lowest BCUT2D eigenvalue weighted by atomic mass is 9.81. The predicted octanol–water partition coefficient (Wildman–Crippen LogP) is 2.63. The Balaban J connectivity index is 2.55. The second kappa shape index (κ2) is 6.50. The Morgan fingerprint density at radius 3 is 2.39 bits per heavy atom. The monoisotopic (exact) mass is 270 g/mol. The molecule has 2 unspecified atom stereocenters. The third-order valence-corrected chi connectivity index (χ3v) is 4.86. The van der Waals surface area contributed by atoms with E-state index in [1.54, 1.807) is 0 Å². The van der Waals surface area contributed by atoms with Crippen LogP contribution in [0.2, 0.25) is 0 Å². The topological polar surface area (TPSA) is 55.1 Å². The van der Waals surface area contributed by atoms with Crippen molar-refractivity contribution < 1.29 is 4.79 Å². The van der Waals surface area contributed by atoms with Crippen molar-refractivity contribution in [3.63, 3.8) is 0 Å². The molecule has 0 aromatic heterocycles. The van der Waals surface area contributed by atoms with Gasteiger partial charge in [0.1, 0.15) is 0 Å². The molecule has 4 heteroatoms. The summed E-state index contributed by atoms with van der Waals surface area (Å²) in [7, 11) is 0. The van der Waals surface area contributed by atoms with Crippen molar-refractivity contribution in [1.29, 1.82) is 0 Å². The first-order valence-electron chi connectivity index (χ1n) is 7.04. The molecule has 1 amide bonds. The van der Waals surface area contributed by atoms with Gasteiger partial charge in [0.25, 0.3) is 0 Å². The van der Waals surface area contributed by atoms with E-state index in [-0.39, 0.29) is 5.91 Å². The Labute approximate surface area is 116 Å². The van der Waals surface area contributed by atoms with E-state index in [0.717, 1.165) is 12.5 Å². The molecule has 104 valence electrons. The molecule has 0 spiro atoms. The smallest absolute Gasteiger partial charge is 0.233 e. The molecule has 2 atom stereocenters. The molecule has 0 aliphatic heterocycles. The van der Waals surface area contributed by atoms with E-state index in [1.165, 1.54) is 19.3 Å². The van der Waals surface area contributed by atoms with Crippen LogP contribution in [0.25, 0.3) is 0 Å². The van der Waals surface area contributed by atoms with Crippen LogP contribution in [0.15, 0.2) is 0 Å². The summed E-state index contributed by atoms with van der Waals surface area (Å²) in [6.07, 6.45) is 5.07. The quantitative estimate of drug-likeness (QED) is 0.730. The highest BCUT2D eigenvalue weighted by atomic mass is 32.1. The number of nitrogens with one attached hydrogen (secondary N) is 1. The lowest BCUT2D eigenvalue weighted by Crippen LogP contribution is -2.49. The number of hydrogen-bond donors (Lipinski definition) is 2. The van der Waals surface area contributed by atoms with Crippen molar-refractivity contribution in [2.45, 2.75) is 52.9 Å². The van der Waals surface area contributed by atoms with Crippen molar-refractivity contribution in [3.8, 4) is 0 Å². The fraction of sp³-hybridized carbons (Fsp3) is 0.857. The van der Waals surface area contributed by atoms with Crippen LogP contribution >= 0.6 is 12.2 Å². The number of nitrogens with two attached hydrogens (primary N) is 1. The largest absolute Gasteiger partial charge is 0.392 e. The highest BCUT2D eigenvalue weighted by Crippen LogP contribution is 2.31. The molecule has 0 aromatic carbocycles. The molecule has 18 heavy (non-hydrogen) atoms. The first-order chi connectivity index (χ1) is 8.46. The second-order valence-electron chi connectivity index (χ2n) is 5.65. The summed E-state index contributed by atoms with van der Waals surface area (Å²) in [5, 5.41) is 3.06. The predicted molar refractivity (Wildman–Crippen MR) is 79.3 cm³/mol. The Morgan fingerprint density at radius 1 is 1.39 bits per heavy atom. The molecule has 1 aliphatic rings. The van der Waals surface area contributed by atoms with Crippen LogP contribution in [0.3, 0.4) is 0 Å². The van der Waals surface area contributed by atoms with Gasteiger partial charge in [-0.1, -0.05) is 39.4 Å². The molecule has 1 rings (SSSR count). The second-order valence-corrected chi connectivity index (χ2v) is 6.09. The van der Waals surface area contributed by atoms with Gasteiger partial charge in [0.2, 0.25) is 5.91 Å². The minimum Gasteiger partial charge on any atom is -0.392 e. The van der Waals surface area contributed by atoms with E-state index in [2.05, 4.69) is 12.2 Å². The molecule has 3 N–H and O–H groups in total. The van der Waals surface area contributed by atoms with Crippen LogP contribution in [0.5, 0.6) is 0 Å². The van der Waals surface area contributed by atoms with Gasteiger partial charge in [-0.05, 0) is 37.5 Å². The van der Waals surface area contributed by atoms with Crippen molar-refractivity contribution in [2.24, 2.45) is 23.0 Å². The van der Waals surface area contributed by atoms with Crippen molar-refractivity contribution in [2.75, 3.05) is 6.54 Å². The van der Waals surface area contributed by atoms with E-state index < -0.39 is 5.41 Å².